The molecule has 0 spiro atoms. The van der Waals surface area contributed by atoms with Crippen LogP contribution in [0.2, 0.25) is 0 Å². The first-order valence-electron chi connectivity index (χ1n) is 10.6. The van der Waals surface area contributed by atoms with Gasteiger partial charge in [-0.15, -0.1) is 0 Å². The first kappa shape index (κ1) is 28.7. The summed E-state index contributed by atoms with van der Waals surface area (Å²) in [5.74, 6) is -1.76. The predicted molar refractivity (Wildman–Crippen MR) is 120 cm³/mol. The number of benzene rings is 1. The molecule has 1 heterocycles. The van der Waals surface area contributed by atoms with Crippen molar-refractivity contribution in [2.45, 2.75) is 60.2 Å². The highest BCUT2D eigenvalue weighted by Gasteiger charge is 2.40. The molecule has 0 radical (unpaired) electrons. The van der Waals surface area contributed by atoms with Gasteiger partial charge in [-0.2, -0.15) is 13.2 Å². The minimum atomic E-state index is -4.73. The van der Waals surface area contributed by atoms with E-state index < -0.39 is 29.3 Å². The summed E-state index contributed by atoms with van der Waals surface area (Å²) in [6.45, 7) is 12.6. The number of phenolic OH excluding ortho intramolecular Hbond substituents is 1. The second-order valence-corrected chi connectivity index (χ2v) is 7.25. The summed E-state index contributed by atoms with van der Waals surface area (Å²) in [7, 11) is 1.89. The molecule has 0 saturated carbocycles. The molecular formula is C24H37F4N2O+. The number of allylic oxidation sites excluding steroid dienone is 3. The van der Waals surface area contributed by atoms with Gasteiger partial charge in [0, 0.05) is 12.1 Å². The van der Waals surface area contributed by atoms with E-state index in [0.717, 1.165) is 5.57 Å². The number of rotatable bonds is 3. The number of hydrogen-bond acceptors (Lipinski definition) is 2. The third-order valence-electron chi connectivity index (χ3n) is 4.90. The van der Waals surface area contributed by atoms with Crippen molar-refractivity contribution in [2.75, 3.05) is 20.1 Å². The summed E-state index contributed by atoms with van der Waals surface area (Å²) in [6.07, 6.45) is 3.41. The molecule has 0 bridgehead atoms. The molecule has 1 aromatic rings. The van der Waals surface area contributed by atoms with Crippen LogP contribution in [0.1, 0.15) is 65.1 Å². The molecule has 2 unspecified atom stereocenters. The lowest BCUT2D eigenvalue weighted by Crippen LogP contribution is -2.49. The molecule has 1 aromatic carbocycles. The molecule has 0 aliphatic carbocycles. The van der Waals surface area contributed by atoms with Crippen LogP contribution in [-0.2, 0) is 6.18 Å². The third kappa shape index (κ3) is 7.73. The van der Waals surface area contributed by atoms with Crippen LogP contribution in [0.15, 0.2) is 47.7 Å². The van der Waals surface area contributed by atoms with Gasteiger partial charge >= 0.3 is 6.18 Å². The summed E-state index contributed by atoms with van der Waals surface area (Å²) in [6, 6.07) is 0.396. The number of hydrogen-bond donors (Lipinski definition) is 2. The van der Waals surface area contributed by atoms with Crippen molar-refractivity contribution in [1.82, 2.24) is 0 Å². The maximum Gasteiger partial charge on any atom is 0.416 e. The minimum Gasteiger partial charge on any atom is -0.507 e. The normalized spacial score (nSPS) is 24.3. The van der Waals surface area contributed by atoms with Crippen LogP contribution in [0.5, 0.6) is 5.75 Å². The second-order valence-electron chi connectivity index (χ2n) is 7.25. The average Bonchev–Trinajstić information content (AvgIpc) is 2.70. The van der Waals surface area contributed by atoms with E-state index in [-0.39, 0.29) is 10.0 Å². The molecule has 0 amide bonds. The molecule has 2 rings (SSSR count). The standard InChI is InChI=1S/C20H24F4N2O.2C2H6/c1-13-7-5-4-6-9-26(3,10-8-14(2)25)19(13)18-16(21)11-15(12-17(18)27)20(22,23)24;2*1-2/h4-5,7-8,11-12,19H,6,9-10,25H2,1-3H3;2*1-2H3/p+1/b5-4-,13-7+,14-8+;;. The van der Waals surface area contributed by atoms with E-state index in [0.29, 0.717) is 37.3 Å². The lowest BCUT2D eigenvalue weighted by Gasteiger charge is -2.42. The second kappa shape index (κ2) is 12.5. The van der Waals surface area contributed by atoms with Crippen molar-refractivity contribution in [2.24, 2.45) is 5.73 Å². The highest BCUT2D eigenvalue weighted by Crippen LogP contribution is 2.43. The number of halogens is 4. The minimum absolute atomic E-state index is 0.127. The van der Waals surface area contributed by atoms with Crippen molar-refractivity contribution in [3.05, 3.63) is 64.7 Å². The predicted octanol–water partition coefficient (Wildman–Crippen LogP) is 6.86. The van der Waals surface area contributed by atoms with Crippen LogP contribution in [0.3, 0.4) is 0 Å². The van der Waals surface area contributed by atoms with Crippen molar-refractivity contribution in [3.8, 4) is 5.75 Å². The molecule has 1 aliphatic heterocycles. The lowest BCUT2D eigenvalue weighted by molar-refractivity contribution is -0.928. The number of phenols is 1. The fourth-order valence-electron chi connectivity index (χ4n) is 3.52. The van der Waals surface area contributed by atoms with Gasteiger partial charge in [-0.1, -0.05) is 45.9 Å². The third-order valence-corrected chi connectivity index (χ3v) is 4.90. The van der Waals surface area contributed by atoms with Crippen LogP contribution < -0.4 is 5.73 Å². The Balaban J connectivity index is 0.00000212. The summed E-state index contributed by atoms with van der Waals surface area (Å²) in [5, 5.41) is 10.3. The van der Waals surface area contributed by atoms with Crippen molar-refractivity contribution in [1.29, 1.82) is 0 Å². The van der Waals surface area contributed by atoms with Crippen molar-refractivity contribution in [3.63, 3.8) is 0 Å². The van der Waals surface area contributed by atoms with Gasteiger partial charge in [0.25, 0.3) is 0 Å². The average molecular weight is 446 g/mol. The maximum atomic E-state index is 14.8. The molecule has 0 fully saturated rings. The summed E-state index contributed by atoms with van der Waals surface area (Å²) >= 11 is 0. The summed E-state index contributed by atoms with van der Waals surface area (Å²) < 4.78 is 54.0. The van der Waals surface area contributed by atoms with Gasteiger partial charge in [-0.25, -0.2) is 4.39 Å². The monoisotopic (exact) mass is 445 g/mol. The highest BCUT2D eigenvalue weighted by molar-refractivity contribution is 5.43. The molecule has 1 aliphatic rings. The molecule has 0 saturated heterocycles. The topological polar surface area (TPSA) is 46.2 Å². The van der Waals surface area contributed by atoms with Crippen LogP contribution >= 0.6 is 0 Å². The van der Waals surface area contributed by atoms with Gasteiger partial charge in [-0.05, 0) is 37.6 Å². The van der Waals surface area contributed by atoms with Crippen LogP contribution in [-0.4, -0.2) is 29.7 Å². The fourth-order valence-corrected chi connectivity index (χ4v) is 3.52. The van der Waals surface area contributed by atoms with E-state index in [1.807, 2.05) is 53.0 Å². The van der Waals surface area contributed by atoms with Crippen LogP contribution in [0.4, 0.5) is 17.6 Å². The molecule has 7 heteroatoms. The van der Waals surface area contributed by atoms with Crippen LogP contribution in [0.25, 0.3) is 0 Å². The van der Waals surface area contributed by atoms with Gasteiger partial charge in [0.15, 0.2) is 0 Å². The Morgan fingerprint density at radius 2 is 1.81 bits per heavy atom. The smallest absolute Gasteiger partial charge is 0.416 e. The van der Waals surface area contributed by atoms with Crippen LogP contribution in [0, 0.1) is 5.82 Å². The Morgan fingerprint density at radius 3 is 2.29 bits per heavy atom. The zero-order valence-electron chi connectivity index (χ0n) is 19.6. The SMILES string of the molecule is C/C(N)=C\C[N+]1(C)CC/C=C\C=C(/C)C1c1c(O)cc(C(F)(F)F)cc1F.CC.CC. The molecule has 0 aromatic heterocycles. The van der Waals surface area contributed by atoms with E-state index in [2.05, 4.69) is 0 Å². The van der Waals surface area contributed by atoms with E-state index in [4.69, 9.17) is 5.73 Å². The fraction of sp³-hybridized carbons (Fsp3) is 0.500. The van der Waals surface area contributed by atoms with Crippen molar-refractivity contribution < 1.29 is 27.2 Å². The van der Waals surface area contributed by atoms with Gasteiger partial charge in [-0.3, -0.25) is 0 Å². The molecule has 31 heavy (non-hydrogen) atoms. The first-order chi connectivity index (χ1) is 14.5. The zero-order valence-corrected chi connectivity index (χ0v) is 19.6. The van der Waals surface area contributed by atoms with Crippen molar-refractivity contribution >= 4 is 0 Å². The first-order valence-corrected chi connectivity index (χ1v) is 10.6. The van der Waals surface area contributed by atoms with E-state index >= 15 is 0 Å². The Morgan fingerprint density at radius 1 is 1.23 bits per heavy atom. The Kier molecular flexibility index (Phi) is 11.6. The quantitative estimate of drug-likeness (QED) is 0.394. The Bertz CT molecular complexity index is 770. The molecule has 2 atom stereocenters. The lowest BCUT2D eigenvalue weighted by atomic mass is 9.91. The summed E-state index contributed by atoms with van der Waals surface area (Å²) in [5.41, 5.74) is 5.77. The number of quaternary nitrogens is 1. The van der Waals surface area contributed by atoms with E-state index in [1.165, 1.54) is 0 Å². The van der Waals surface area contributed by atoms with Gasteiger partial charge in [0.05, 0.1) is 31.3 Å². The van der Waals surface area contributed by atoms with E-state index in [9.17, 15) is 22.7 Å². The molecular weight excluding hydrogens is 408 g/mol. The number of likely N-dealkylation sites (N-methyl/N-ethyl adjacent to an activating group) is 1. The van der Waals surface area contributed by atoms with E-state index in [1.54, 1.807) is 19.9 Å². The largest absolute Gasteiger partial charge is 0.507 e. The number of nitrogens with zero attached hydrogens (tertiary/aromatic N) is 1. The number of nitrogens with two attached hydrogens (primary N) is 1. The maximum absolute atomic E-state index is 14.8. The summed E-state index contributed by atoms with van der Waals surface area (Å²) in [4.78, 5) is 0. The molecule has 3 nitrogen and oxygen atoms in total. The molecule has 3 N–H and O–H groups in total. The number of aromatic hydroxyl groups is 1. The Labute approximate surface area is 184 Å². The zero-order chi connectivity index (χ0) is 24.4. The molecule has 176 valence electrons. The number of alkyl halides is 3. The van der Waals surface area contributed by atoms with Gasteiger partial charge in [0.2, 0.25) is 0 Å². The highest BCUT2D eigenvalue weighted by atomic mass is 19.4. The van der Waals surface area contributed by atoms with Gasteiger partial charge < -0.3 is 15.3 Å². The Hall–Kier alpha value is -2.28. The van der Waals surface area contributed by atoms with Gasteiger partial charge in [0.1, 0.15) is 17.6 Å².